The summed E-state index contributed by atoms with van der Waals surface area (Å²) in [5.74, 6) is 0.413. The quantitative estimate of drug-likeness (QED) is 0.829. The Morgan fingerprint density at radius 3 is 2.61 bits per heavy atom. The molecule has 0 aliphatic carbocycles. The van der Waals surface area contributed by atoms with Gasteiger partial charge in [-0.1, -0.05) is 6.92 Å². The van der Waals surface area contributed by atoms with E-state index in [-0.39, 0.29) is 5.56 Å². The van der Waals surface area contributed by atoms with Gasteiger partial charge in [-0.2, -0.15) is 0 Å². The van der Waals surface area contributed by atoms with Gasteiger partial charge in [0.15, 0.2) is 5.82 Å². The summed E-state index contributed by atoms with van der Waals surface area (Å²) in [5, 5.41) is 9.87. The standard InChI is InChI=1S/C13H23N3O2/c1-5-8-16-9-7-14-11(12(16)17)15(6-2)10-13(3,4)18/h7,9,18H,5-6,8,10H2,1-4H3. The molecule has 18 heavy (non-hydrogen) atoms. The molecule has 102 valence electrons. The predicted molar refractivity (Wildman–Crippen MR) is 73.0 cm³/mol. The Morgan fingerprint density at radius 2 is 2.11 bits per heavy atom. The molecule has 1 rings (SSSR count). The van der Waals surface area contributed by atoms with Crippen LogP contribution in [0.4, 0.5) is 5.82 Å². The SMILES string of the molecule is CCCn1ccnc(N(CC)CC(C)(C)O)c1=O. The van der Waals surface area contributed by atoms with Crippen LogP contribution in [-0.4, -0.2) is 33.3 Å². The number of rotatable bonds is 6. The van der Waals surface area contributed by atoms with Crippen molar-refractivity contribution in [2.45, 2.75) is 46.3 Å². The summed E-state index contributed by atoms with van der Waals surface area (Å²) >= 11 is 0. The third-order valence-corrected chi connectivity index (χ3v) is 2.62. The van der Waals surface area contributed by atoms with Crippen LogP contribution in [0.5, 0.6) is 0 Å². The van der Waals surface area contributed by atoms with E-state index in [1.54, 1.807) is 30.8 Å². The lowest BCUT2D eigenvalue weighted by molar-refractivity contribution is 0.0873. The summed E-state index contributed by atoms with van der Waals surface area (Å²) in [5.41, 5.74) is -0.944. The monoisotopic (exact) mass is 253 g/mol. The molecule has 0 atom stereocenters. The third-order valence-electron chi connectivity index (χ3n) is 2.62. The summed E-state index contributed by atoms with van der Waals surface area (Å²) in [4.78, 5) is 18.2. The molecule has 5 nitrogen and oxygen atoms in total. The van der Waals surface area contributed by atoms with Gasteiger partial charge in [-0.3, -0.25) is 4.79 Å². The molecule has 1 N–H and O–H groups in total. The van der Waals surface area contributed by atoms with Crippen LogP contribution in [0.3, 0.4) is 0 Å². The minimum atomic E-state index is -0.852. The maximum absolute atomic E-state index is 12.2. The minimum absolute atomic E-state index is 0.0922. The Kier molecular flexibility index (Phi) is 4.90. The van der Waals surface area contributed by atoms with Crippen molar-refractivity contribution in [3.05, 3.63) is 22.7 Å². The highest BCUT2D eigenvalue weighted by Crippen LogP contribution is 2.10. The maximum atomic E-state index is 12.2. The largest absolute Gasteiger partial charge is 0.389 e. The fraction of sp³-hybridized carbons (Fsp3) is 0.692. The molecule has 1 heterocycles. The fourth-order valence-corrected chi connectivity index (χ4v) is 1.87. The molecule has 0 aliphatic heterocycles. The molecule has 1 aromatic rings. The van der Waals surface area contributed by atoms with Crippen LogP contribution < -0.4 is 10.5 Å². The number of aryl methyl sites for hydroxylation is 1. The second-order valence-corrected chi connectivity index (χ2v) is 5.08. The number of likely N-dealkylation sites (N-methyl/N-ethyl adjacent to an activating group) is 1. The summed E-state index contributed by atoms with van der Waals surface area (Å²) in [6, 6.07) is 0. The van der Waals surface area contributed by atoms with Crippen molar-refractivity contribution in [2.75, 3.05) is 18.0 Å². The van der Waals surface area contributed by atoms with Crippen molar-refractivity contribution in [2.24, 2.45) is 0 Å². The van der Waals surface area contributed by atoms with Crippen LogP contribution in [0, 0.1) is 0 Å². The topological polar surface area (TPSA) is 58.4 Å². The van der Waals surface area contributed by atoms with Crippen molar-refractivity contribution in [1.29, 1.82) is 0 Å². The van der Waals surface area contributed by atoms with E-state index in [0.29, 0.717) is 25.5 Å². The van der Waals surface area contributed by atoms with Gasteiger partial charge in [0, 0.05) is 32.0 Å². The summed E-state index contributed by atoms with van der Waals surface area (Å²) in [6.07, 6.45) is 4.24. The van der Waals surface area contributed by atoms with Gasteiger partial charge in [0.25, 0.3) is 5.56 Å². The van der Waals surface area contributed by atoms with Crippen molar-refractivity contribution < 1.29 is 5.11 Å². The van der Waals surface area contributed by atoms with E-state index in [1.165, 1.54) is 0 Å². The lowest BCUT2D eigenvalue weighted by atomic mass is 10.1. The van der Waals surface area contributed by atoms with Crippen molar-refractivity contribution >= 4 is 5.82 Å². The van der Waals surface area contributed by atoms with E-state index >= 15 is 0 Å². The minimum Gasteiger partial charge on any atom is -0.389 e. The van der Waals surface area contributed by atoms with Gasteiger partial charge >= 0.3 is 0 Å². The highest BCUT2D eigenvalue weighted by atomic mass is 16.3. The second-order valence-electron chi connectivity index (χ2n) is 5.08. The Morgan fingerprint density at radius 1 is 1.44 bits per heavy atom. The second kappa shape index (κ2) is 6.00. The molecular formula is C13H23N3O2. The first kappa shape index (κ1) is 14.7. The van der Waals surface area contributed by atoms with Gasteiger partial charge in [-0.15, -0.1) is 0 Å². The van der Waals surface area contributed by atoms with E-state index < -0.39 is 5.60 Å². The first-order chi connectivity index (χ1) is 8.39. The smallest absolute Gasteiger partial charge is 0.293 e. The van der Waals surface area contributed by atoms with Crippen LogP contribution in [0.15, 0.2) is 17.2 Å². The van der Waals surface area contributed by atoms with Crippen LogP contribution in [0.25, 0.3) is 0 Å². The molecule has 0 saturated carbocycles. The zero-order valence-electron chi connectivity index (χ0n) is 11.7. The number of anilines is 1. The van der Waals surface area contributed by atoms with E-state index in [4.69, 9.17) is 0 Å². The number of hydrogen-bond acceptors (Lipinski definition) is 4. The highest BCUT2D eigenvalue weighted by Gasteiger charge is 2.20. The van der Waals surface area contributed by atoms with Crippen LogP contribution >= 0.6 is 0 Å². The Bertz CT molecular complexity index is 435. The molecule has 0 aromatic carbocycles. The maximum Gasteiger partial charge on any atom is 0.293 e. The Balaban J connectivity index is 3.06. The molecule has 0 bridgehead atoms. The highest BCUT2D eigenvalue weighted by molar-refractivity contribution is 5.35. The van der Waals surface area contributed by atoms with Gasteiger partial charge in [0.1, 0.15) is 0 Å². The van der Waals surface area contributed by atoms with E-state index in [1.807, 2.05) is 18.7 Å². The van der Waals surface area contributed by atoms with Gasteiger partial charge in [0.2, 0.25) is 0 Å². The van der Waals surface area contributed by atoms with Gasteiger partial charge in [0.05, 0.1) is 5.60 Å². The van der Waals surface area contributed by atoms with E-state index in [9.17, 15) is 9.90 Å². The molecule has 0 spiro atoms. The van der Waals surface area contributed by atoms with Crippen LogP contribution in [0.1, 0.15) is 34.1 Å². The molecule has 0 aliphatic rings. The molecule has 0 saturated heterocycles. The van der Waals surface area contributed by atoms with Gasteiger partial charge in [-0.05, 0) is 27.2 Å². The predicted octanol–water partition coefficient (Wildman–Crippen LogP) is 1.25. The lowest BCUT2D eigenvalue weighted by Gasteiger charge is -2.28. The average molecular weight is 253 g/mol. The Labute approximate surface area is 108 Å². The zero-order valence-corrected chi connectivity index (χ0v) is 11.7. The van der Waals surface area contributed by atoms with Gasteiger partial charge < -0.3 is 14.6 Å². The number of nitrogens with zero attached hydrogens (tertiary/aromatic N) is 3. The molecular weight excluding hydrogens is 230 g/mol. The molecule has 0 amide bonds. The van der Waals surface area contributed by atoms with Crippen molar-refractivity contribution in [3.63, 3.8) is 0 Å². The number of aromatic nitrogens is 2. The zero-order chi connectivity index (χ0) is 13.8. The molecule has 0 fully saturated rings. The van der Waals surface area contributed by atoms with Crippen molar-refractivity contribution in [3.8, 4) is 0 Å². The third kappa shape index (κ3) is 3.84. The first-order valence-corrected chi connectivity index (χ1v) is 6.41. The fourth-order valence-electron chi connectivity index (χ4n) is 1.87. The molecule has 5 heteroatoms. The van der Waals surface area contributed by atoms with Gasteiger partial charge in [-0.25, -0.2) is 4.98 Å². The number of hydrogen-bond donors (Lipinski definition) is 1. The van der Waals surface area contributed by atoms with Crippen molar-refractivity contribution in [1.82, 2.24) is 9.55 Å². The van der Waals surface area contributed by atoms with E-state index in [0.717, 1.165) is 6.42 Å². The molecule has 1 aromatic heterocycles. The average Bonchev–Trinajstić information content (AvgIpc) is 2.28. The van der Waals surface area contributed by atoms with E-state index in [2.05, 4.69) is 4.98 Å². The summed E-state index contributed by atoms with van der Waals surface area (Å²) in [6.45, 7) is 9.15. The molecule has 0 radical (unpaired) electrons. The summed E-state index contributed by atoms with van der Waals surface area (Å²) < 4.78 is 1.66. The summed E-state index contributed by atoms with van der Waals surface area (Å²) in [7, 11) is 0. The number of aliphatic hydroxyl groups is 1. The first-order valence-electron chi connectivity index (χ1n) is 6.41. The Hall–Kier alpha value is -1.36. The molecule has 0 unspecified atom stereocenters. The normalized spacial score (nSPS) is 11.6. The lowest BCUT2D eigenvalue weighted by Crippen LogP contribution is -2.42. The van der Waals surface area contributed by atoms with Crippen LogP contribution in [-0.2, 0) is 6.54 Å². The van der Waals surface area contributed by atoms with Crippen LogP contribution in [0.2, 0.25) is 0 Å².